The summed E-state index contributed by atoms with van der Waals surface area (Å²) in [7, 11) is 1.44. The number of phenols is 1. The molecule has 6 heteroatoms. The summed E-state index contributed by atoms with van der Waals surface area (Å²) >= 11 is 3.31. The van der Waals surface area contributed by atoms with Gasteiger partial charge in [0.15, 0.2) is 17.5 Å². The van der Waals surface area contributed by atoms with E-state index in [0.29, 0.717) is 10.0 Å². The number of carboxylic acid groups (broad SMARTS) is 1. The van der Waals surface area contributed by atoms with Gasteiger partial charge in [-0.3, -0.25) is 4.99 Å². The lowest BCUT2D eigenvalue weighted by molar-refractivity contribution is -0.138. The Morgan fingerprint density at radius 1 is 1.35 bits per heavy atom. The molecule has 0 saturated carbocycles. The van der Waals surface area contributed by atoms with Gasteiger partial charge >= 0.3 is 5.97 Å². The van der Waals surface area contributed by atoms with Crippen LogP contribution in [0.4, 0.5) is 0 Å². The lowest BCUT2D eigenvalue weighted by Crippen LogP contribution is -2.20. The number of halogens is 1. The van der Waals surface area contributed by atoms with Crippen LogP contribution in [-0.4, -0.2) is 35.5 Å². The van der Waals surface area contributed by atoms with Crippen molar-refractivity contribution in [2.75, 3.05) is 7.11 Å². The van der Waals surface area contributed by atoms with Gasteiger partial charge in [-0.1, -0.05) is 46.3 Å². The van der Waals surface area contributed by atoms with Gasteiger partial charge in [0.1, 0.15) is 0 Å². The van der Waals surface area contributed by atoms with Crippen LogP contribution in [0.15, 0.2) is 51.9 Å². The highest BCUT2D eigenvalue weighted by atomic mass is 79.9. The van der Waals surface area contributed by atoms with Crippen molar-refractivity contribution >= 4 is 28.1 Å². The first-order valence-corrected chi connectivity index (χ1v) is 7.67. The van der Waals surface area contributed by atoms with E-state index >= 15 is 0 Å². The normalized spacial score (nSPS) is 12.3. The number of methoxy groups -OCH3 is 1. The number of rotatable bonds is 6. The molecular weight excluding hydrogens is 362 g/mol. The van der Waals surface area contributed by atoms with Crippen LogP contribution >= 0.6 is 15.9 Å². The number of ether oxygens (including phenoxy) is 1. The van der Waals surface area contributed by atoms with E-state index in [0.717, 1.165) is 5.56 Å². The second kappa shape index (κ2) is 7.78. The van der Waals surface area contributed by atoms with Gasteiger partial charge in [0, 0.05) is 22.7 Å². The topological polar surface area (TPSA) is 79.1 Å². The zero-order valence-electron chi connectivity index (χ0n) is 12.4. The number of phenolic OH excluding ortho intramolecular Hbond substituents is 1. The monoisotopic (exact) mass is 377 g/mol. The van der Waals surface area contributed by atoms with Crippen LogP contribution in [0.25, 0.3) is 0 Å². The van der Waals surface area contributed by atoms with Gasteiger partial charge in [0.25, 0.3) is 0 Å². The first-order valence-electron chi connectivity index (χ1n) is 6.87. The molecule has 0 radical (unpaired) electrons. The van der Waals surface area contributed by atoms with Gasteiger partial charge < -0.3 is 14.9 Å². The summed E-state index contributed by atoms with van der Waals surface area (Å²) in [6, 6.07) is 11.6. The summed E-state index contributed by atoms with van der Waals surface area (Å²) in [5.41, 5.74) is 1.27. The minimum atomic E-state index is -1.02. The average Bonchev–Trinajstić information content (AvgIpc) is 2.54. The fourth-order valence-corrected chi connectivity index (χ4v) is 2.51. The first-order chi connectivity index (χ1) is 11.0. The van der Waals surface area contributed by atoms with E-state index in [1.807, 2.05) is 30.3 Å². The lowest BCUT2D eigenvalue weighted by Gasteiger charge is -2.09. The SMILES string of the molecule is COc1cc(Br)cc(C=N[C@@H](Cc2ccccc2)C(=O)O)c1O. The van der Waals surface area contributed by atoms with Gasteiger partial charge in [0.2, 0.25) is 0 Å². The third kappa shape index (κ3) is 4.56. The van der Waals surface area contributed by atoms with E-state index in [9.17, 15) is 15.0 Å². The lowest BCUT2D eigenvalue weighted by atomic mass is 10.1. The molecule has 1 atom stereocenters. The predicted molar refractivity (Wildman–Crippen MR) is 91.5 cm³/mol. The zero-order valence-corrected chi connectivity index (χ0v) is 14.0. The minimum Gasteiger partial charge on any atom is -0.504 e. The number of hydrogen-bond acceptors (Lipinski definition) is 4. The van der Waals surface area contributed by atoms with Crippen LogP contribution in [0.2, 0.25) is 0 Å². The van der Waals surface area contributed by atoms with Crippen molar-refractivity contribution in [3.8, 4) is 11.5 Å². The third-order valence-electron chi connectivity index (χ3n) is 3.24. The highest BCUT2D eigenvalue weighted by Gasteiger charge is 2.16. The summed E-state index contributed by atoms with van der Waals surface area (Å²) in [5.74, 6) is -0.814. The number of aliphatic carboxylic acids is 1. The molecule has 0 aliphatic rings. The van der Waals surface area contributed by atoms with Crippen LogP contribution in [0.3, 0.4) is 0 Å². The number of carboxylic acids is 1. The molecule has 2 aromatic carbocycles. The molecule has 5 nitrogen and oxygen atoms in total. The van der Waals surface area contributed by atoms with Crippen molar-refractivity contribution in [3.63, 3.8) is 0 Å². The number of aromatic hydroxyl groups is 1. The van der Waals surface area contributed by atoms with E-state index in [4.69, 9.17) is 4.74 Å². The van der Waals surface area contributed by atoms with Crippen LogP contribution in [0.5, 0.6) is 11.5 Å². The Morgan fingerprint density at radius 2 is 2.04 bits per heavy atom. The summed E-state index contributed by atoms with van der Waals surface area (Å²) in [6.07, 6.45) is 1.63. The standard InChI is InChI=1S/C17H16BrNO4/c1-23-15-9-13(18)8-12(16(15)20)10-19-14(17(21)22)7-11-5-3-2-4-6-11/h2-6,8-10,14,20H,7H2,1H3,(H,21,22)/t14-/m0/s1. The molecule has 120 valence electrons. The van der Waals surface area contributed by atoms with Gasteiger partial charge in [-0.15, -0.1) is 0 Å². The van der Waals surface area contributed by atoms with Crippen LogP contribution < -0.4 is 4.74 Å². The Kier molecular flexibility index (Phi) is 5.76. The third-order valence-corrected chi connectivity index (χ3v) is 3.70. The molecule has 0 unspecified atom stereocenters. The number of nitrogens with zero attached hydrogens (tertiary/aromatic N) is 1. The van der Waals surface area contributed by atoms with E-state index in [2.05, 4.69) is 20.9 Å². The van der Waals surface area contributed by atoms with E-state index in [-0.39, 0.29) is 17.9 Å². The summed E-state index contributed by atoms with van der Waals surface area (Å²) in [6.45, 7) is 0. The van der Waals surface area contributed by atoms with E-state index in [1.54, 1.807) is 12.1 Å². The maximum Gasteiger partial charge on any atom is 0.328 e. The molecule has 0 fully saturated rings. The van der Waals surface area contributed by atoms with Crippen LogP contribution in [0.1, 0.15) is 11.1 Å². The summed E-state index contributed by atoms with van der Waals surface area (Å²) in [4.78, 5) is 15.5. The Labute approximate surface area is 142 Å². The fraction of sp³-hybridized carbons (Fsp3) is 0.176. The molecule has 0 spiro atoms. The zero-order chi connectivity index (χ0) is 16.8. The van der Waals surface area contributed by atoms with Crippen molar-refractivity contribution in [1.29, 1.82) is 0 Å². The molecule has 2 aromatic rings. The highest BCUT2D eigenvalue weighted by molar-refractivity contribution is 9.10. The molecule has 0 saturated heterocycles. The maximum atomic E-state index is 11.4. The average molecular weight is 378 g/mol. The van der Waals surface area contributed by atoms with Crippen molar-refractivity contribution in [2.45, 2.75) is 12.5 Å². The van der Waals surface area contributed by atoms with E-state index < -0.39 is 12.0 Å². The predicted octanol–water partition coefficient (Wildman–Crippen LogP) is 3.28. The molecule has 23 heavy (non-hydrogen) atoms. The van der Waals surface area contributed by atoms with Crippen molar-refractivity contribution in [2.24, 2.45) is 4.99 Å². The smallest absolute Gasteiger partial charge is 0.328 e. The molecule has 2 rings (SSSR count). The van der Waals surface area contributed by atoms with Crippen molar-refractivity contribution in [3.05, 3.63) is 58.1 Å². The molecule has 0 bridgehead atoms. The van der Waals surface area contributed by atoms with Crippen molar-refractivity contribution in [1.82, 2.24) is 0 Å². The molecule has 2 N–H and O–H groups in total. The van der Waals surface area contributed by atoms with Gasteiger partial charge in [0.05, 0.1) is 7.11 Å². The summed E-state index contributed by atoms with van der Waals surface area (Å²) < 4.78 is 5.76. The Balaban J connectivity index is 2.25. The molecule has 0 aliphatic carbocycles. The van der Waals surface area contributed by atoms with Gasteiger partial charge in [-0.2, -0.15) is 0 Å². The van der Waals surface area contributed by atoms with Gasteiger partial charge in [-0.25, -0.2) is 4.79 Å². The Hall–Kier alpha value is -2.34. The highest BCUT2D eigenvalue weighted by Crippen LogP contribution is 2.32. The van der Waals surface area contributed by atoms with Crippen LogP contribution in [-0.2, 0) is 11.2 Å². The number of carbonyl (C=O) groups is 1. The van der Waals surface area contributed by atoms with Gasteiger partial charge in [-0.05, 0) is 17.7 Å². The van der Waals surface area contributed by atoms with E-state index in [1.165, 1.54) is 13.3 Å². The second-order valence-corrected chi connectivity index (χ2v) is 5.78. The quantitative estimate of drug-likeness (QED) is 0.757. The molecular formula is C17H16BrNO4. The fourth-order valence-electron chi connectivity index (χ4n) is 2.06. The summed E-state index contributed by atoms with van der Waals surface area (Å²) in [5, 5.41) is 19.4. The molecule has 0 amide bonds. The minimum absolute atomic E-state index is 0.0803. The largest absolute Gasteiger partial charge is 0.504 e. The van der Waals surface area contributed by atoms with Crippen molar-refractivity contribution < 1.29 is 19.7 Å². The number of hydrogen-bond donors (Lipinski definition) is 2. The molecule has 0 aliphatic heterocycles. The Bertz CT molecular complexity index is 716. The number of aliphatic imine (C=N–C) groups is 1. The molecule has 0 aromatic heterocycles. The molecule has 0 heterocycles. The maximum absolute atomic E-state index is 11.4. The van der Waals surface area contributed by atoms with Crippen LogP contribution in [0, 0.1) is 0 Å². The first kappa shape index (κ1) is 17.0. The Morgan fingerprint density at radius 3 is 2.65 bits per heavy atom. The number of benzene rings is 2. The second-order valence-electron chi connectivity index (χ2n) is 4.87.